The molecular formula is C17H28N6S. The van der Waals surface area contributed by atoms with Gasteiger partial charge in [-0.15, -0.1) is 11.3 Å². The molecule has 0 fully saturated rings. The summed E-state index contributed by atoms with van der Waals surface area (Å²) in [5.41, 5.74) is 4.79. The van der Waals surface area contributed by atoms with Crippen molar-refractivity contribution in [3.8, 4) is 0 Å². The van der Waals surface area contributed by atoms with Gasteiger partial charge in [0.05, 0.1) is 17.9 Å². The summed E-state index contributed by atoms with van der Waals surface area (Å²) in [4.78, 5) is 8.91. The predicted molar refractivity (Wildman–Crippen MR) is 101 cm³/mol. The molecule has 2 heterocycles. The zero-order valence-electron chi connectivity index (χ0n) is 15.5. The zero-order chi connectivity index (χ0) is 17.7. The molecule has 2 N–H and O–H groups in total. The molecule has 0 aliphatic carbocycles. The van der Waals surface area contributed by atoms with Crippen LogP contribution < -0.4 is 10.6 Å². The van der Waals surface area contributed by atoms with Crippen LogP contribution in [0.5, 0.6) is 0 Å². The summed E-state index contributed by atoms with van der Waals surface area (Å²) >= 11 is 1.69. The van der Waals surface area contributed by atoms with Crippen molar-refractivity contribution in [2.24, 2.45) is 12.0 Å². The zero-order valence-corrected chi connectivity index (χ0v) is 16.3. The second-order valence-electron chi connectivity index (χ2n) is 6.20. The molecule has 2 aromatic heterocycles. The van der Waals surface area contributed by atoms with Crippen molar-refractivity contribution in [2.45, 2.75) is 46.6 Å². The SMILES string of the molecule is CN=C(NCCc1c(C)nn(C)c1C)NCc1nc(C(C)C)cs1. The summed E-state index contributed by atoms with van der Waals surface area (Å²) in [6.07, 6.45) is 0.932. The van der Waals surface area contributed by atoms with Gasteiger partial charge in [-0.25, -0.2) is 4.98 Å². The van der Waals surface area contributed by atoms with Gasteiger partial charge in [-0.3, -0.25) is 9.67 Å². The maximum Gasteiger partial charge on any atom is 0.191 e. The molecule has 0 bridgehead atoms. The molecule has 0 saturated heterocycles. The van der Waals surface area contributed by atoms with Gasteiger partial charge in [-0.1, -0.05) is 13.8 Å². The molecule has 0 aromatic carbocycles. The van der Waals surface area contributed by atoms with E-state index in [-0.39, 0.29) is 0 Å². The lowest BCUT2D eigenvalue weighted by atomic mass is 10.1. The second-order valence-corrected chi connectivity index (χ2v) is 7.14. The molecule has 6 nitrogen and oxygen atoms in total. The van der Waals surface area contributed by atoms with Crippen LogP contribution in [0.15, 0.2) is 10.4 Å². The highest BCUT2D eigenvalue weighted by Crippen LogP contribution is 2.17. The summed E-state index contributed by atoms with van der Waals surface area (Å²) in [6, 6.07) is 0. The first kappa shape index (κ1) is 18.4. The first-order valence-electron chi connectivity index (χ1n) is 8.30. The molecule has 7 heteroatoms. The number of guanidine groups is 1. The van der Waals surface area contributed by atoms with Crippen LogP contribution in [0.4, 0.5) is 0 Å². The number of hydrogen-bond donors (Lipinski definition) is 2. The van der Waals surface area contributed by atoms with Gasteiger partial charge in [-0.05, 0) is 31.7 Å². The normalized spacial score (nSPS) is 12.0. The van der Waals surface area contributed by atoms with Crippen molar-refractivity contribution < 1.29 is 0 Å². The van der Waals surface area contributed by atoms with Crippen LogP contribution in [0.25, 0.3) is 0 Å². The number of aliphatic imine (C=N–C) groups is 1. The van der Waals surface area contributed by atoms with Crippen LogP contribution in [0.2, 0.25) is 0 Å². The highest BCUT2D eigenvalue weighted by atomic mass is 32.1. The summed E-state index contributed by atoms with van der Waals surface area (Å²) in [5, 5.41) is 14.4. The van der Waals surface area contributed by atoms with E-state index >= 15 is 0 Å². The van der Waals surface area contributed by atoms with E-state index in [0.717, 1.165) is 35.3 Å². The average molecular weight is 349 g/mol. The number of nitrogens with zero attached hydrogens (tertiary/aromatic N) is 4. The lowest BCUT2D eigenvalue weighted by molar-refractivity contribution is 0.728. The van der Waals surface area contributed by atoms with E-state index in [9.17, 15) is 0 Å². The minimum Gasteiger partial charge on any atom is -0.356 e. The minimum absolute atomic E-state index is 0.471. The Morgan fingerprint density at radius 1 is 1.33 bits per heavy atom. The van der Waals surface area contributed by atoms with Crippen LogP contribution in [0, 0.1) is 13.8 Å². The Morgan fingerprint density at radius 2 is 2.08 bits per heavy atom. The molecule has 0 spiro atoms. The van der Waals surface area contributed by atoms with E-state index in [4.69, 9.17) is 0 Å². The summed E-state index contributed by atoms with van der Waals surface area (Å²) in [7, 11) is 3.77. The molecule has 0 atom stereocenters. The van der Waals surface area contributed by atoms with Crippen LogP contribution >= 0.6 is 11.3 Å². The number of aromatic nitrogens is 3. The van der Waals surface area contributed by atoms with Crippen LogP contribution in [-0.4, -0.2) is 34.3 Å². The van der Waals surface area contributed by atoms with Crippen LogP contribution in [0.3, 0.4) is 0 Å². The van der Waals surface area contributed by atoms with Crippen molar-refractivity contribution in [1.29, 1.82) is 0 Å². The van der Waals surface area contributed by atoms with Gasteiger partial charge < -0.3 is 10.6 Å². The average Bonchev–Trinajstić information content (AvgIpc) is 3.10. The molecule has 2 aromatic rings. The highest BCUT2D eigenvalue weighted by Gasteiger charge is 2.09. The number of rotatable bonds is 6. The Kier molecular flexibility index (Phi) is 6.36. The van der Waals surface area contributed by atoms with E-state index in [1.54, 1.807) is 18.4 Å². The molecule has 0 aliphatic rings. The third kappa shape index (κ3) is 4.56. The standard InChI is InChI=1S/C17H28N6S/c1-11(2)15-10-24-16(21-15)9-20-17(18-5)19-8-7-14-12(3)22-23(6)13(14)4/h10-11H,7-9H2,1-6H3,(H2,18,19,20). The summed E-state index contributed by atoms with van der Waals surface area (Å²) < 4.78 is 1.94. The molecule has 0 amide bonds. The Balaban J connectivity index is 1.82. The van der Waals surface area contributed by atoms with Crippen LogP contribution in [-0.2, 0) is 20.0 Å². The van der Waals surface area contributed by atoms with Gasteiger partial charge in [0.15, 0.2) is 5.96 Å². The van der Waals surface area contributed by atoms with Gasteiger partial charge in [0.25, 0.3) is 0 Å². The first-order valence-corrected chi connectivity index (χ1v) is 9.18. The molecule has 0 unspecified atom stereocenters. The number of aryl methyl sites for hydroxylation is 2. The smallest absolute Gasteiger partial charge is 0.191 e. The van der Waals surface area contributed by atoms with Gasteiger partial charge in [0.1, 0.15) is 5.01 Å². The second kappa shape index (κ2) is 8.28. The lowest BCUT2D eigenvalue weighted by Crippen LogP contribution is -2.37. The molecule has 132 valence electrons. The van der Waals surface area contributed by atoms with Gasteiger partial charge in [0, 0.05) is 31.7 Å². The van der Waals surface area contributed by atoms with E-state index in [2.05, 4.69) is 58.8 Å². The Morgan fingerprint density at radius 3 is 2.62 bits per heavy atom. The summed E-state index contributed by atoms with van der Waals surface area (Å²) in [5.74, 6) is 1.27. The lowest BCUT2D eigenvalue weighted by Gasteiger charge is -2.11. The molecular weight excluding hydrogens is 320 g/mol. The third-order valence-electron chi connectivity index (χ3n) is 4.12. The topological polar surface area (TPSA) is 67.1 Å². The van der Waals surface area contributed by atoms with Gasteiger partial charge in [0.2, 0.25) is 0 Å². The summed E-state index contributed by atoms with van der Waals surface area (Å²) in [6.45, 7) is 10.0. The third-order valence-corrected chi connectivity index (χ3v) is 4.99. The maximum absolute atomic E-state index is 4.63. The molecule has 2 rings (SSSR count). The Hall–Kier alpha value is -1.89. The van der Waals surface area contributed by atoms with E-state index < -0.39 is 0 Å². The van der Waals surface area contributed by atoms with E-state index in [1.165, 1.54) is 11.3 Å². The number of hydrogen-bond acceptors (Lipinski definition) is 4. The van der Waals surface area contributed by atoms with Gasteiger partial charge >= 0.3 is 0 Å². The largest absolute Gasteiger partial charge is 0.356 e. The molecule has 24 heavy (non-hydrogen) atoms. The maximum atomic E-state index is 4.63. The fraction of sp³-hybridized carbons (Fsp3) is 0.588. The van der Waals surface area contributed by atoms with Gasteiger partial charge in [-0.2, -0.15) is 5.10 Å². The van der Waals surface area contributed by atoms with Crippen molar-refractivity contribution in [3.63, 3.8) is 0 Å². The minimum atomic E-state index is 0.471. The van der Waals surface area contributed by atoms with Crippen LogP contribution in [0.1, 0.15) is 47.4 Å². The van der Waals surface area contributed by atoms with Crippen molar-refractivity contribution >= 4 is 17.3 Å². The van der Waals surface area contributed by atoms with Crippen molar-refractivity contribution in [3.05, 3.63) is 33.0 Å². The van der Waals surface area contributed by atoms with E-state index in [0.29, 0.717) is 12.5 Å². The fourth-order valence-electron chi connectivity index (χ4n) is 2.54. The van der Waals surface area contributed by atoms with E-state index in [1.807, 2.05) is 11.7 Å². The Bertz CT molecular complexity index is 698. The molecule has 0 radical (unpaired) electrons. The molecule has 0 aliphatic heterocycles. The molecule has 0 saturated carbocycles. The highest BCUT2D eigenvalue weighted by molar-refractivity contribution is 7.09. The number of thiazole rings is 1. The quantitative estimate of drug-likeness (QED) is 0.622. The fourth-order valence-corrected chi connectivity index (χ4v) is 3.43. The first-order chi connectivity index (χ1) is 11.4. The number of nitrogens with one attached hydrogen (secondary N) is 2. The monoisotopic (exact) mass is 348 g/mol. The van der Waals surface area contributed by atoms with Crippen molar-refractivity contribution in [1.82, 2.24) is 25.4 Å². The van der Waals surface area contributed by atoms with Crippen molar-refractivity contribution in [2.75, 3.05) is 13.6 Å². The predicted octanol–water partition coefficient (Wildman–Crippen LogP) is 2.52. The Labute approximate surface area is 148 Å².